The Morgan fingerprint density at radius 1 is 1.16 bits per heavy atom. The maximum atomic E-state index is 11.6. The number of Topliss-reactive ketones (excluding diaryl/α,β-unsaturated/α-hetero) is 1. The lowest BCUT2D eigenvalue weighted by Crippen LogP contribution is -2.42. The summed E-state index contributed by atoms with van der Waals surface area (Å²) in [4.78, 5) is 13.9. The number of hydrogen-bond acceptors (Lipinski definition) is 4. The van der Waals surface area contributed by atoms with Crippen molar-refractivity contribution in [3.05, 3.63) is 65.2 Å². The molecule has 4 nitrogen and oxygen atoms in total. The second kappa shape index (κ2) is 7.38. The summed E-state index contributed by atoms with van der Waals surface area (Å²) in [5.74, 6) is 0.584. The molecule has 2 aromatic rings. The number of piperidine rings is 1. The van der Waals surface area contributed by atoms with Crippen LogP contribution < -0.4 is 4.74 Å². The monoisotopic (exact) mass is 339 g/mol. The molecule has 0 radical (unpaired) electrons. The zero-order valence-electron chi connectivity index (χ0n) is 14.9. The number of carbonyl (C=O) groups excluding carboxylic acids is 1. The molecule has 0 aliphatic carbocycles. The first-order valence-electron chi connectivity index (χ1n) is 8.70. The van der Waals surface area contributed by atoms with Gasteiger partial charge in [-0.1, -0.05) is 42.5 Å². The van der Waals surface area contributed by atoms with Gasteiger partial charge in [-0.25, -0.2) is 0 Å². The van der Waals surface area contributed by atoms with E-state index in [0.29, 0.717) is 24.2 Å². The van der Waals surface area contributed by atoms with Crippen LogP contribution in [0.2, 0.25) is 0 Å². The van der Waals surface area contributed by atoms with Crippen molar-refractivity contribution in [1.29, 1.82) is 0 Å². The minimum Gasteiger partial charge on any atom is -0.496 e. The number of likely N-dealkylation sites (tertiary alicyclic amines) is 1. The minimum absolute atomic E-state index is 0.00507. The molecule has 1 N–H and O–H groups in total. The molecule has 1 heterocycles. The van der Waals surface area contributed by atoms with Crippen LogP contribution in [0.15, 0.2) is 48.5 Å². The van der Waals surface area contributed by atoms with Crippen LogP contribution in [0, 0.1) is 0 Å². The number of ketones is 1. The molecule has 0 unspecified atom stereocenters. The Labute approximate surface area is 149 Å². The third kappa shape index (κ3) is 3.91. The highest BCUT2D eigenvalue weighted by molar-refractivity contribution is 5.94. The zero-order chi connectivity index (χ0) is 17.9. The quantitative estimate of drug-likeness (QED) is 0.849. The summed E-state index contributed by atoms with van der Waals surface area (Å²) < 4.78 is 5.45. The fourth-order valence-corrected chi connectivity index (χ4v) is 3.49. The van der Waals surface area contributed by atoms with E-state index < -0.39 is 5.60 Å². The molecule has 25 heavy (non-hydrogen) atoms. The summed E-state index contributed by atoms with van der Waals surface area (Å²) in [5.41, 5.74) is 1.76. The molecule has 0 saturated carbocycles. The van der Waals surface area contributed by atoms with Gasteiger partial charge in [-0.3, -0.25) is 9.69 Å². The van der Waals surface area contributed by atoms with Crippen molar-refractivity contribution in [2.75, 3.05) is 20.2 Å². The largest absolute Gasteiger partial charge is 0.496 e. The van der Waals surface area contributed by atoms with Crippen LogP contribution in [-0.2, 0) is 12.1 Å². The number of carbonyl (C=O) groups is 1. The Kier molecular flexibility index (Phi) is 5.21. The van der Waals surface area contributed by atoms with Gasteiger partial charge in [0.2, 0.25) is 0 Å². The molecule has 4 heteroatoms. The van der Waals surface area contributed by atoms with Crippen LogP contribution in [0.1, 0.15) is 41.3 Å². The average molecular weight is 339 g/mol. The predicted molar refractivity (Wildman–Crippen MR) is 97.8 cm³/mol. The van der Waals surface area contributed by atoms with Gasteiger partial charge in [-0.2, -0.15) is 0 Å². The van der Waals surface area contributed by atoms with Crippen LogP contribution in [0.5, 0.6) is 5.75 Å². The molecule has 1 fully saturated rings. The van der Waals surface area contributed by atoms with Crippen LogP contribution in [0.4, 0.5) is 0 Å². The SMILES string of the molecule is COc1cc(C(C)=O)ccc1C1(O)CCN(Cc2ccccc2)CC1. The maximum Gasteiger partial charge on any atom is 0.159 e. The van der Waals surface area contributed by atoms with E-state index in [2.05, 4.69) is 29.2 Å². The topological polar surface area (TPSA) is 49.8 Å². The van der Waals surface area contributed by atoms with E-state index in [1.807, 2.05) is 12.1 Å². The third-order valence-corrected chi connectivity index (χ3v) is 5.04. The van der Waals surface area contributed by atoms with Crippen molar-refractivity contribution in [3.63, 3.8) is 0 Å². The molecule has 0 atom stereocenters. The molecule has 0 spiro atoms. The molecule has 1 saturated heterocycles. The average Bonchev–Trinajstić information content (AvgIpc) is 2.64. The van der Waals surface area contributed by atoms with Crippen LogP contribution >= 0.6 is 0 Å². The minimum atomic E-state index is -0.909. The second-order valence-electron chi connectivity index (χ2n) is 6.76. The first-order chi connectivity index (χ1) is 12.0. The van der Waals surface area contributed by atoms with Gasteiger partial charge in [0.1, 0.15) is 5.75 Å². The maximum absolute atomic E-state index is 11.6. The van der Waals surface area contributed by atoms with Crippen LogP contribution in [-0.4, -0.2) is 36.0 Å². The summed E-state index contributed by atoms with van der Waals surface area (Å²) in [7, 11) is 1.58. The van der Waals surface area contributed by atoms with Gasteiger partial charge < -0.3 is 9.84 Å². The zero-order valence-corrected chi connectivity index (χ0v) is 14.9. The molecule has 0 aromatic heterocycles. The Hall–Kier alpha value is -2.17. The summed E-state index contributed by atoms with van der Waals surface area (Å²) in [6.45, 7) is 4.08. The highest BCUT2D eigenvalue weighted by atomic mass is 16.5. The van der Waals surface area contributed by atoms with Crippen LogP contribution in [0.25, 0.3) is 0 Å². The summed E-state index contributed by atoms with van der Waals surface area (Å²) in [5, 5.41) is 11.2. The third-order valence-electron chi connectivity index (χ3n) is 5.04. The van der Waals surface area contributed by atoms with Crippen molar-refractivity contribution < 1.29 is 14.6 Å². The van der Waals surface area contributed by atoms with Gasteiger partial charge in [0.05, 0.1) is 12.7 Å². The van der Waals surface area contributed by atoms with Gasteiger partial charge >= 0.3 is 0 Å². The number of rotatable bonds is 5. The second-order valence-corrected chi connectivity index (χ2v) is 6.76. The Morgan fingerprint density at radius 2 is 1.84 bits per heavy atom. The molecular weight excluding hydrogens is 314 g/mol. The van der Waals surface area contributed by atoms with E-state index in [1.54, 1.807) is 19.2 Å². The van der Waals surface area contributed by atoms with E-state index in [0.717, 1.165) is 25.2 Å². The highest BCUT2D eigenvalue weighted by Gasteiger charge is 2.36. The van der Waals surface area contributed by atoms with Gasteiger partial charge in [0.15, 0.2) is 5.78 Å². The predicted octanol–water partition coefficient (Wildman–Crippen LogP) is 3.38. The van der Waals surface area contributed by atoms with Crippen molar-refractivity contribution >= 4 is 5.78 Å². The Bertz CT molecular complexity index is 734. The molecule has 2 aromatic carbocycles. The molecule has 0 bridgehead atoms. The molecule has 1 aliphatic heterocycles. The number of methoxy groups -OCH3 is 1. The van der Waals surface area contributed by atoms with Gasteiger partial charge in [-0.15, -0.1) is 0 Å². The molecule has 1 aliphatic rings. The standard InChI is InChI=1S/C21H25NO3/c1-16(23)18-8-9-19(20(14-18)25-2)21(24)10-12-22(13-11-21)15-17-6-4-3-5-7-17/h3-9,14,24H,10-13,15H2,1-2H3. The van der Waals surface area contributed by atoms with E-state index in [4.69, 9.17) is 4.74 Å². The number of aliphatic hydroxyl groups is 1. The van der Waals surface area contributed by atoms with Gasteiger partial charge in [0, 0.05) is 30.8 Å². The fraction of sp³-hybridized carbons (Fsp3) is 0.381. The first-order valence-corrected chi connectivity index (χ1v) is 8.70. The van der Waals surface area contributed by atoms with Crippen molar-refractivity contribution in [2.45, 2.75) is 31.9 Å². The number of benzene rings is 2. The van der Waals surface area contributed by atoms with E-state index in [-0.39, 0.29) is 5.78 Å². The molecule has 132 valence electrons. The smallest absolute Gasteiger partial charge is 0.159 e. The lowest BCUT2D eigenvalue weighted by atomic mass is 9.83. The van der Waals surface area contributed by atoms with E-state index in [1.165, 1.54) is 12.5 Å². The molecule has 3 rings (SSSR count). The normalized spacial score (nSPS) is 17.2. The van der Waals surface area contributed by atoms with Crippen molar-refractivity contribution in [3.8, 4) is 5.75 Å². The Morgan fingerprint density at radius 3 is 2.44 bits per heavy atom. The van der Waals surface area contributed by atoms with Gasteiger partial charge in [-0.05, 0) is 31.4 Å². The summed E-state index contributed by atoms with van der Waals surface area (Å²) in [6, 6.07) is 15.7. The van der Waals surface area contributed by atoms with Crippen molar-refractivity contribution in [1.82, 2.24) is 4.90 Å². The first kappa shape index (κ1) is 17.6. The van der Waals surface area contributed by atoms with E-state index in [9.17, 15) is 9.90 Å². The lowest BCUT2D eigenvalue weighted by molar-refractivity contribution is -0.0292. The van der Waals surface area contributed by atoms with E-state index >= 15 is 0 Å². The van der Waals surface area contributed by atoms with Gasteiger partial charge in [0.25, 0.3) is 0 Å². The summed E-state index contributed by atoms with van der Waals surface area (Å²) in [6.07, 6.45) is 1.30. The van der Waals surface area contributed by atoms with Crippen LogP contribution in [0.3, 0.4) is 0 Å². The fourth-order valence-electron chi connectivity index (χ4n) is 3.49. The Balaban J connectivity index is 1.73. The number of hydrogen-bond donors (Lipinski definition) is 1. The van der Waals surface area contributed by atoms with Crippen molar-refractivity contribution in [2.24, 2.45) is 0 Å². The lowest BCUT2D eigenvalue weighted by Gasteiger charge is -2.39. The number of ether oxygens (including phenoxy) is 1. The summed E-state index contributed by atoms with van der Waals surface area (Å²) >= 11 is 0. The number of nitrogens with zero attached hydrogens (tertiary/aromatic N) is 1. The molecular formula is C21H25NO3. The highest BCUT2D eigenvalue weighted by Crippen LogP contribution is 2.38. The molecule has 0 amide bonds.